The van der Waals surface area contributed by atoms with Gasteiger partial charge in [0.15, 0.2) is 0 Å². The molecule has 0 fully saturated rings. The molecule has 9 heteroatoms. The van der Waals surface area contributed by atoms with Crippen LogP contribution in [0.3, 0.4) is 0 Å². The molecular weight excluding hydrogens is 352 g/mol. The summed E-state index contributed by atoms with van der Waals surface area (Å²) in [7, 11) is 0. The molecule has 132 valence electrons. The van der Waals surface area contributed by atoms with Gasteiger partial charge in [0.05, 0.1) is 43.3 Å². The maximum absolute atomic E-state index is 12.7. The van der Waals surface area contributed by atoms with E-state index in [1.165, 1.54) is 12.4 Å². The Morgan fingerprint density at radius 3 is 2.92 bits per heavy atom. The average Bonchev–Trinajstić information content (AvgIpc) is 3.36. The summed E-state index contributed by atoms with van der Waals surface area (Å²) in [5.41, 5.74) is 1.27. The van der Waals surface area contributed by atoms with Gasteiger partial charge in [0.25, 0.3) is 5.91 Å². The van der Waals surface area contributed by atoms with Gasteiger partial charge in [-0.15, -0.1) is 11.3 Å². The highest BCUT2D eigenvalue weighted by molar-refractivity contribution is 7.09. The first-order chi connectivity index (χ1) is 12.7. The second kappa shape index (κ2) is 7.04. The van der Waals surface area contributed by atoms with Gasteiger partial charge in [0.2, 0.25) is 5.91 Å². The zero-order valence-electron chi connectivity index (χ0n) is 13.8. The van der Waals surface area contributed by atoms with Gasteiger partial charge in [-0.05, 0) is 23.6 Å². The van der Waals surface area contributed by atoms with Crippen LogP contribution in [0.25, 0.3) is 0 Å². The van der Waals surface area contributed by atoms with E-state index in [1.807, 2.05) is 23.6 Å². The van der Waals surface area contributed by atoms with Crippen LogP contribution in [-0.2, 0) is 17.9 Å². The van der Waals surface area contributed by atoms with Gasteiger partial charge in [0, 0.05) is 11.1 Å². The van der Waals surface area contributed by atoms with Crippen molar-refractivity contribution in [1.82, 2.24) is 30.2 Å². The van der Waals surface area contributed by atoms with Crippen molar-refractivity contribution < 1.29 is 9.59 Å². The Morgan fingerprint density at radius 2 is 2.15 bits per heavy atom. The summed E-state index contributed by atoms with van der Waals surface area (Å²) in [6.07, 6.45) is 4.56. The lowest BCUT2D eigenvalue weighted by Gasteiger charge is -2.33. The number of thiophene rings is 1. The molecule has 1 unspecified atom stereocenters. The first-order valence-corrected chi connectivity index (χ1v) is 8.99. The topological polar surface area (TPSA) is 93.0 Å². The lowest BCUT2D eigenvalue weighted by Crippen LogP contribution is -2.47. The molecular formula is C17H16N6O2S. The van der Waals surface area contributed by atoms with Crippen molar-refractivity contribution in [2.75, 3.05) is 6.54 Å². The fourth-order valence-electron chi connectivity index (χ4n) is 2.95. The fourth-order valence-corrected chi connectivity index (χ4v) is 3.59. The van der Waals surface area contributed by atoms with Gasteiger partial charge in [0.1, 0.15) is 6.04 Å². The third-order valence-corrected chi connectivity index (χ3v) is 5.11. The molecule has 0 spiro atoms. The summed E-state index contributed by atoms with van der Waals surface area (Å²) in [6.45, 7) is 1.12. The number of hydrogen-bond donors (Lipinski definition) is 1. The van der Waals surface area contributed by atoms with Crippen molar-refractivity contribution in [2.45, 2.75) is 19.1 Å². The predicted octanol–water partition coefficient (Wildman–Crippen LogP) is 1.25. The summed E-state index contributed by atoms with van der Waals surface area (Å²) in [4.78, 5) is 28.2. The van der Waals surface area contributed by atoms with E-state index in [9.17, 15) is 9.59 Å². The number of nitrogens with one attached hydrogen (secondary N) is 1. The monoisotopic (exact) mass is 368 g/mol. The molecule has 2 amide bonds. The molecule has 1 atom stereocenters. The summed E-state index contributed by atoms with van der Waals surface area (Å²) in [5, 5.41) is 16.6. The van der Waals surface area contributed by atoms with Crippen LogP contribution in [0.1, 0.15) is 27.0 Å². The number of fused-ring (bicyclic) bond motifs is 1. The molecule has 0 aliphatic carbocycles. The molecule has 26 heavy (non-hydrogen) atoms. The van der Waals surface area contributed by atoms with E-state index in [1.54, 1.807) is 33.2 Å². The second-order valence-corrected chi connectivity index (χ2v) is 6.93. The number of carbonyl (C=O) groups excluding carboxylic acids is 2. The summed E-state index contributed by atoms with van der Waals surface area (Å²) in [5.74, 6) is -0.336. The van der Waals surface area contributed by atoms with Crippen LogP contribution in [0.4, 0.5) is 0 Å². The zero-order chi connectivity index (χ0) is 17.9. The number of carbonyl (C=O) groups is 2. The van der Waals surface area contributed by atoms with E-state index < -0.39 is 6.04 Å². The van der Waals surface area contributed by atoms with E-state index in [4.69, 9.17) is 0 Å². The molecule has 0 bridgehead atoms. The molecule has 4 heterocycles. The van der Waals surface area contributed by atoms with Crippen molar-refractivity contribution >= 4 is 23.2 Å². The molecule has 0 radical (unpaired) electrons. The highest BCUT2D eigenvalue weighted by Crippen LogP contribution is 2.22. The molecule has 8 nitrogen and oxygen atoms in total. The first kappa shape index (κ1) is 16.4. The van der Waals surface area contributed by atoms with E-state index in [2.05, 4.69) is 20.6 Å². The summed E-state index contributed by atoms with van der Waals surface area (Å²) < 4.78 is 1.69. The average molecular weight is 368 g/mol. The number of hydrogen-bond acceptors (Lipinski definition) is 6. The van der Waals surface area contributed by atoms with E-state index in [-0.39, 0.29) is 18.4 Å². The Balaban J connectivity index is 1.53. The highest BCUT2D eigenvalue weighted by Gasteiger charge is 2.33. The van der Waals surface area contributed by atoms with Crippen LogP contribution < -0.4 is 5.32 Å². The van der Waals surface area contributed by atoms with Gasteiger partial charge in [-0.3, -0.25) is 14.3 Å². The molecule has 4 rings (SSSR count). The van der Waals surface area contributed by atoms with Crippen molar-refractivity contribution in [3.63, 3.8) is 0 Å². The maximum atomic E-state index is 12.7. The van der Waals surface area contributed by atoms with E-state index >= 15 is 0 Å². The normalized spacial score (nSPS) is 16.2. The van der Waals surface area contributed by atoms with Crippen molar-refractivity contribution in [3.8, 4) is 0 Å². The Bertz CT molecular complexity index is 909. The molecule has 0 aromatic carbocycles. The van der Waals surface area contributed by atoms with Gasteiger partial charge in [-0.2, -0.15) is 15.3 Å². The fraction of sp³-hybridized carbons (Fsp3) is 0.235. The Labute approximate surface area is 153 Å². The van der Waals surface area contributed by atoms with Gasteiger partial charge in [-0.25, -0.2) is 0 Å². The minimum absolute atomic E-state index is 0.159. The van der Waals surface area contributed by atoms with E-state index in [0.29, 0.717) is 18.7 Å². The van der Waals surface area contributed by atoms with E-state index in [0.717, 1.165) is 10.6 Å². The second-order valence-electron chi connectivity index (χ2n) is 5.90. The molecule has 1 N–H and O–H groups in total. The van der Waals surface area contributed by atoms with Crippen molar-refractivity contribution in [3.05, 3.63) is 64.4 Å². The molecule has 0 saturated carbocycles. The molecule has 1 aliphatic heterocycles. The van der Waals surface area contributed by atoms with Gasteiger partial charge >= 0.3 is 0 Å². The summed E-state index contributed by atoms with van der Waals surface area (Å²) >= 11 is 1.59. The molecule has 0 saturated heterocycles. The Hall–Kier alpha value is -3.07. The minimum Gasteiger partial charge on any atom is -0.349 e. The van der Waals surface area contributed by atoms with Gasteiger partial charge < -0.3 is 10.2 Å². The number of rotatable bonds is 4. The molecule has 1 aliphatic rings. The van der Waals surface area contributed by atoms with Crippen LogP contribution in [0.2, 0.25) is 0 Å². The number of aromatic nitrogens is 4. The summed E-state index contributed by atoms with van der Waals surface area (Å²) in [6, 6.07) is 6.79. The largest absolute Gasteiger partial charge is 0.349 e. The van der Waals surface area contributed by atoms with Crippen molar-refractivity contribution in [2.24, 2.45) is 0 Å². The SMILES string of the molecule is O=C(NCc1cccs1)C1CN(C(=O)c2ccnnc2)Cc2ccnn21. The predicted molar refractivity (Wildman–Crippen MR) is 94.2 cm³/mol. The zero-order valence-corrected chi connectivity index (χ0v) is 14.6. The smallest absolute Gasteiger partial charge is 0.255 e. The van der Waals surface area contributed by atoms with Crippen LogP contribution in [-0.4, -0.2) is 43.2 Å². The Morgan fingerprint density at radius 1 is 1.23 bits per heavy atom. The van der Waals surface area contributed by atoms with Gasteiger partial charge in [-0.1, -0.05) is 6.07 Å². The maximum Gasteiger partial charge on any atom is 0.255 e. The Kier molecular flexibility index (Phi) is 4.44. The third-order valence-electron chi connectivity index (χ3n) is 4.23. The van der Waals surface area contributed by atoms with Crippen LogP contribution >= 0.6 is 11.3 Å². The number of nitrogens with zero attached hydrogens (tertiary/aromatic N) is 5. The molecule has 3 aromatic rings. The minimum atomic E-state index is -0.563. The van der Waals surface area contributed by atoms with Crippen LogP contribution in [0.5, 0.6) is 0 Å². The standard InChI is InChI=1S/C17H16N6O2S/c24-16(18-9-14-2-1-7-26-14)15-11-22(10-13-4-6-21-23(13)15)17(25)12-3-5-19-20-8-12/h1-8,15H,9-11H2,(H,18,24). The quantitative estimate of drug-likeness (QED) is 0.748. The first-order valence-electron chi connectivity index (χ1n) is 8.11. The lowest BCUT2D eigenvalue weighted by atomic mass is 10.1. The lowest BCUT2D eigenvalue weighted by molar-refractivity contribution is -0.125. The molecule has 3 aromatic heterocycles. The third kappa shape index (κ3) is 3.21. The van der Waals surface area contributed by atoms with Crippen LogP contribution in [0, 0.1) is 0 Å². The number of amides is 2. The van der Waals surface area contributed by atoms with Crippen LogP contribution in [0.15, 0.2) is 48.2 Å². The highest BCUT2D eigenvalue weighted by atomic mass is 32.1. The van der Waals surface area contributed by atoms with Crippen molar-refractivity contribution in [1.29, 1.82) is 0 Å².